The van der Waals surface area contributed by atoms with Crippen LogP contribution in [0.1, 0.15) is 18.4 Å². The number of thioether (sulfide) groups is 1. The first-order valence-corrected chi connectivity index (χ1v) is 13.4. The summed E-state index contributed by atoms with van der Waals surface area (Å²) < 4.78 is 7.39. The van der Waals surface area contributed by atoms with Crippen molar-refractivity contribution in [1.82, 2.24) is 24.6 Å². The number of hydrogen-bond donors (Lipinski definition) is 2. The lowest BCUT2D eigenvalue weighted by atomic mass is 10.0. The van der Waals surface area contributed by atoms with Gasteiger partial charge in [-0.2, -0.15) is 5.10 Å². The Bertz CT molecular complexity index is 1310. The molecule has 0 amide bonds. The zero-order chi connectivity index (χ0) is 24.9. The van der Waals surface area contributed by atoms with E-state index in [4.69, 9.17) is 26.3 Å². The highest BCUT2D eigenvalue weighted by molar-refractivity contribution is 7.99. The average molecular weight is 525 g/mol. The van der Waals surface area contributed by atoms with Crippen LogP contribution in [0.15, 0.2) is 59.9 Å². The fraction of sp³-hybridized carbons (Fsp3) is 0.346. The highest BCUT2D eigenvalue weighted by Gasteiger charge is 2.18. The first-order chi connectivity index (χ1) is 17.6. The molecule has 3 heterocycles. The van der Waals surface area contributed by atoms with Gasteiger partial charge in [-0.05, 0) is 17.7 Å². The van der Waals surface area contributed by atoms with Crippen LogP contribution in [0.3, 0.4) is 0 Å². The molecule has 188 valence electrons. The molecule has 2 aromatic carbocycles. The Labute approximate surface area is 219 Å². The fourth-order valence-electron chi connectivity index (χ4n) is 4.20. The number of nitrogens with one attached hydrogen (secondary N) is 1. The molecule has 0 spiro atoms. The number of phenolic OH excluding ortho intramolecular Hbond substituents is 1. The molecule has 2 aromatic heterocycles. The summed E-state index contributed by atoms with van der Waals surface area (Å²) in [6.45, 7) is 7.29. The van der Waals surface area contributed by atoms with E-state index in [1.807, 2.05) is 10.7 Å². The molecular formula is C26H29ClN6O2S. The first kappa shape index (κ1) is 24.8. The van der Waals surface area contributed by atoms with E-state index in [1.165, 1.54) is 5.56 Å². The van der Waals surface area contributed by atoms with Crippen LogP contribution >= 0.6 is 23.4 Å². The summed E-state index contributed by atoms with van der Waals surface area (Å²) >= 11 is 8.01. The number of nitrogens with zero attached hydrogens (tertiary/aromatic N) is 5. The fourth-order valence-corrected chi connectivity index (χ4v) is 5.21. The second-order valence-electron chi connectivity index (χ2n) is 8.82. The SMILES string of the molecule is CC(Cn1ncc2c(Nc3cc(O)ccc3Cl)nc(SCCN3CCOCC3)nc21)c1ccccc1. The van der Waals surface area contributed by atoms with E-state index >= 15 is 0 Å². The molecule has 1 aliphatic heterocycles. The van der Waals surface area contributed by atoms with Crippen LogP contribution in [0.2, 0.25) is 5.02 Å². The summed E-state index contributed by atoms with van der Waals surface area (Å²) in [6, 6.07) is 15.2. The Morgan fingerprint density at radius 1 is 1.14 bits per heavy atom. The molecule has 0 bridgehead atoms. The number of aromatic hydroxyl groups is 1. The minimum absolute atomic E-state index is 0.125. The molecule has 0 saturated carbocycles. The van der Waals surface area contributed by atoms with Crippen LogP contribution < -0.4 is 5.32 Å². The van der Waals surface area contributed by atoms with Gasteiger partial charge in [0.15, 0.2) is 10.8 Å². The van der Waals surface area contributed by atoms with Crippen LogP contribution in [-0.4, -0.2) is 68.4 Å². The van der Waals surface area contributed by atoms with E-state index in [2.05, 4.69) is 46.5 Å². The van der Waals surface area contributed by atoms with Crippen molar-refractivity contribution < 1.29 is 9.84 Å². The maximum absolute atomic E-state index is 9.97. The van der Waals surface area contributed by atoms with E-state index in [0.717, 1.165) is 49.6 Å². The van der Waals surface area contributed by atoms with E-state index in [9.17, 15) is 5.11 Å². The van der Waals surface area contributed by atoms with Gasteiger partial charge in [-0.25, -0.2) is 14.6 Å². The highest BCUT2D eigenvalue weighted by Crippen LogP contribution is 2.32. The van der Waals surface area contributed by atoms with E-state index in [0.29, 0.717) is 28.2 Å². The van der Waals surface area contributed by atoms with Crippen LogP contribution in [0.25, 0.3) is 11.0 Å². The van der Waals surface area contributed by atoms with Crippen molar-refractivity contribution in [2.24, 2.45) is 0 Å². The third kappa shape index (κ3) is 5.92. The lowest BCUT2D eigenvalue weighted by molar-refractivity contribution is 0.0410. The Kier molecular flexibility index (Phi) is 7.91. The minimum Gasteiger partial charge on any atom is -0.508 e. The maximum Gasteiger partial charge on any atom is 0.191 e. The van der Waals surface area contributed by atoms with Crippen molar-refractivity contribution in [3.05, 3.63) is 65.3 Å². The minimum atomic E-state index is 0.125. The van der Waals surface area contributed by atoms with Crippen LogP contribution in [0, 0.1) is 0 Å². The summed E-state index contributed by atoms with van der Waals surface area (Å²) in [5, 5.41) is 19.9. The molecular weight excluding hydrogens is 496 g/mol. The van der Waals surface area contributed by atoms with Gasteiger partial charge in [0.25, 0.3) is 0 Å². The van der Waals surface area contributed by atoms with Gasteiger partial charge < -0.3 is 15.2 Å². The van der Waals surface area contributed by atoms with Gasteiger partial charge in [-0.3, -0.25) is 4.90 Å². The van der Waals surface area contributed by atoms with E-state index < -0.39 is 0 Å². The molecule has 2 N–H and O–H groups in total. The van der Waals surface area contributed by atoms with Gasteiger partial charge >= 0.3 is 0 Å². The molecule has 1 aliphatic rings. The van der Waals surface area contributed by atoms with Crippen molar-refractivity contribution in [3.8, 4) is 5.75 Å². The molecule has 10 heteroatoms. The second-order valence-corrected chi connectivity index (χ2v) is 10.3. The Balaban J connectivity index is 1.43. The topological polar surface area (TPSA) is 88.3 Å². The summed E-state index contributed by atoms with van der Waals surface area (Å²) in [7, 11) is 0. The van der Waals surface area contributed by atoms with Crippen molar-refractivity contribution in [1.29, 1.82) is 0 Å². The number of aromatic nitrogens is 4. The number of rotatable bonds is 9. The zero-order valence-corrected chi connectivity index (χ0v) is 21.7. The molecule has 1 saturated heterocycles. The predicted molar refractivity (Wildman–Crippen MR) is 145 cm³/mol. The number of hydrogen-bond acceptors (Lipinski definition) is 8. The monoisotopic (exact) mass is 524 g/mol. The summed E-state index contributed by atoms with van der Waals surface area (Å²) in [4.78, 5) is 12.1. The summed E-state index contributed by atoms with van der Waals surface area (Å²) in [5.41, 5.74) is 2.59. The Morgan fingerprint density at radius 2 is 1.94 bits per heavy atom. The second kappa shape index (κ2) is 11.5. The molecule has 0 aliphatic carbocycles. The van der Waals surface area contributed by atoms with E-state index in [1.54, 1.807) is 36.2 Å². The molecule has 1 atom stereocenters. The summed E-state index contributed by atoms with van der Waals surface area (Å²) in [6.07, 6.45) is 1.79. The number of ether oxygens (including phenoxy) is 1. The number of phenols is 1. The third-order valence-electron chi connectivity index (χ3n) is 6.24. The Morgan fingerprint density at radius 3 is 2.75 bits per heavy atom. The molecule has 0 radical (unpaired) electrons. The third-order valence-corrected chi connectivity index (χ3v) is 7.39. The highest BCUT2D eigenvalue weighted by atomic mass is 35.5. The van der Waals surface area contributed by atoms with Gasteiger partial charge in [-0.1, -0.05) is 60.6 Å². The first-order valence-electron chi connectivity index (χ1n) is 12.0. The molecule has 1 unspecified atom stereocenters. The van der Waals surface area contributed by atoms with Gasteiger partial charge in [0.2, 0.25) is 0 Å². The van der Waals surface area contributed by atoms with Gasteiger partial charge in [0, 0.05) is 43.9 Å². The maximum atomic E-state index is 9.97. The van der Waals surface area contributed by atoms with E-state index in [-0.39, 0.29) is 11.7 Å². The van der Waals surface area contributed by atoms with Crippen LogP contribution in [0.4, 0.5) is 11.5 Å². The van der Waals surface area contributed by atoms with Crippen molar-refractivity contribution in [2.75, 3.05) is 43.9 Å². The smallest absolute Gasteiger partial charge is 0.191 e. The van der Waals surface area contributed by atoms with Gasteiger partial charge in [-0.15, -0.1) is 0 Å². The quantitative estimate of drug-likeness (QED) is 0.229. The molecule has 8 nitrogen and oxygen atoms in total. The lowest BCUT2D eigenvalue weighted by Gasteiger charge is -2.26. The lowest BCUT2D eigenvalue weighted by Crippen LogP contribution is -2.37. The number of morpholine rings is 1. The largest absolute Gasteiger partial charge is 0.508 e. The predicted octanol–water partition coefficient (Wildman–Crippen LogP) is 5.16. The number of halogens is 1. The van der Waals surface area contributed by atoms with Crippen LogP contribution in [0.5, 0.6) is 5.75 Å². The molecule has 4 aromatic rings. The van der Waals surface area contributed by atoms with Gasteiger partial charge in [0.1, 0.15) is 11.6 Å². The molecule has 1 fully saturated rings. The molecule has 5 rings (SSSR count). The van der Waals surface area contributed by atoms with Crippen molar-refractivity contribution >= 4 is 45.9 Å². The number of benzene rings is 2. The van der Waals surface area contributed by atoms with Crippen molar-refractivity contribution in [3.63, 3.8) is 0 Å². The van der Waals surface area contributed by atoms with Crippen LogP contribution in [-0.2, 0) is 11.3 Å². The van der Waals surface area contributed by atoms with Gasteiger partial charge in [0.05, 0.1) is 35.5 Å². The molecule has 36 heavy (non-hydrogen) atoms. The standard InChI is InChI=1S/C26H29ClN6O2S/c1-18(19-5-3-2-4-6-19)17-33-25-21(16-28-33)24(29-23-15-20(34)7-8-22(23)27)30-26(31-25)36-14-11-32-9-12-35-13-10-32/h2-8,15-16,18,34H,9-14,17H2,1H3,(H,29,30,31). The normalized spacial score (nSPS) is 15.3. The summed E-state index contributed by atoms with van der Waals surface area (Å²) in [5.74, 6) is 1.87. The zero-order valence-electron chi connectivity index (χ0n) is 20.1. The number of fused-ring (bicyclic) bond motifs is 1. The van der Waals surface area contributed by atoms with Crippen molar-refractivity contribution in [2.45, 2.75) is 24.5 Å². The number of anilines is 2. The Hall–Kier alpha value is -2.85. The average Bonchev–Trinajstić information content (AvgIpc) is 3.30.